The summed E-state index contributed by atoms with van der Waals surface area (Å²) in [7, 11) is -0.614. The minimum absolute atomic E-state index is 0.115. The summed E-state index contributed by atoms with van der Waals surface area (Å²) in [5, 5.41) is 10.4. The van der Waals surface area contributed by atoms with Crippen LogP contribution in [-0.2, 0) is 10.0 Å². The van der Waals surface area contributed by atoms with E-state index in [9.17, 15) is 13.2 Å². The molecule has 1 atom stereocenters. The van der Waals surface area contributed by atoms with E-state index in [2.05, 4.69) is 20.5 Å². The average molecular weight is 401 g/mol. The molecule has 0 bridgehead atoms. The van der Waals surface area contributed by atoms with Gasteiger partial charge in [0.25, 0.3) is 0 Å². The molecule has 3 aromatic rings. The first-order chi connectivity index (χ1) is 13.3. The van der Waals surface area contributed by atoms with Crippen LogP contribution in [0.2, 0.25) is 0 Å². The summed E-state index contributed by atoms with van der Waals surface area (Å²) in [4.78, 5) is 16.6. The highest BCUT2D eigenvalue weighted by molar-refractivity contribution is 7.89. The van der Waals surface area contributed by atoms with Gasteiger partial charge >= 0.3 is 11.8 Å². The zero-order chi connectivity index (χ0) is 20.3. The van der Waals surface area contributed by atoms with Crippen LogP contribution in [0.5, 0.6) is 0 Å². The topological polar surface area (TPSA) is 118 Å². The maximum absolute atomic E-state index is 12.3. The van der Waals surface area contributed by atoms with Crippen molar-refractivity contribution < 1.29 is 17.6 Å². The standard InChI is InChI=1S/C18H19N5O4S/c1-12(15-6-4-5-11-19-15)20-16(24)18-22-21-17(27-18)13-7-9-14(10-8-13)28(25,26)23(2)3/h4-12H,1-3H3,(H,20,24). The van der Waals surface area contributed by atoms with Gasteiger partial charge in [0.2, 0.25) is 15.9 Å². The van der Waals surface area contributed by atoms with E-state index >= 15 is 0 Å². The van der Waals surface area contributed by atoms with Crippen molar-refractivity contribution in [1.29, 1.82) is 0 Å². The number of rotatable bonds is 6. The van der Waals surface area contributed by atoms with Gasteiger partial charge < -0.3 is 9.73 Å². The first-order valence-electron chi connectivity index (χ1n) is 8.37. The smallest absolute Gasteiger partial charge is 0.309 e. The number of nitrogens with zero attached hydrogens (tertiary/aromatic N) is 4. The lowest BCUT2D eigenvalue weighted by Crippen LogP contribution is -2.27. The predicted molar refractivity (Wildman–Crippen MR) is 101 cm³/mol. The molecule has 0 aliphatic heterocycles. The number of aromatic nitrogens is 3. The third-order valence-electron chi connectivity index (χ3n) is 3.98. The number of carbonyl (C=O) groups is 1. The number of amides is 1. The summed E-state index contributed by atoms with van der Waals surface area (Å²) < 4.78 is 30.8. The molecule has 1 aromatic carbocycles. The Bertz CT molecular complexity index is 1060. The molecule has 1 unspecified atom stereocenters. The third-order valence-corrected chi connectivity index (χ3v) is 5.81. The number of sulfonamides is 1. The van der Waals surface area contributed by atoms with Crippen LogP contribution >= 0.6 is 0 Å². The maximum Gasteiger partial charge on any atom is 0.309 e. The van der Waals surface area contributed by atoms with Crippen molar-refractivity contribution in [3.8, 4) is 11.5 Å². The number of hydrogen-bond donors (Lipinski definition) is 1. The van der Waals surface area contributed by atoms with Crippen molar-refractivity contribution in [2.45, 2.75) is 17.9 Å². The van der Waals surface area contributed by atoms with Crippen molar-refractivity contribution in [1.82, 2.24) is 24.8 Å². The SMILES string of the molecule is CC(NC(=O)c1nnc(-c2ccc(S(=O)(=O)N(C)C)cc2)o1)c1ccccn1. The molecule has 10 heteroatoms. The quantitative estimate of drug-likeness (QED) is 0.670. The summed E-state index contributed by atoms with van der Waals surface area (Å²) in [6.07, 6.45) is 1.64. The fourth-order valence-corrected chi connectivity index (χ4v) is 3.28. The average Bonchev–Trinajstić information content (AvgIpc) is 3.19. The van der Waals surface area contributed by atoms with E-state index in [0.29, 0.717) is 11.3 Å². The summed E-state index contributed by atoms with van der Waals surface area (Å²) in [5.74, 6) is -0.601. The summed E-state index contributed by atoms with van der Waals surface area (Å²) >= 11 is 0. The summed E-state index contributed by atoms with van der Waals surface area (Å²) in [6.45, 7) is 1.79. The van der Waals surface area contributed by atoms with Gasteiger partial charge in [-0.3, -0.25) is 9.78 Å². The van der Waals surface area contributed by atoms with E-state index < -0.39 is 15.9 Å². The minimum Gasteiger partial charge on any atom is -0.412 e. The Morgan fingerprint density at radius 1 is 1.11 bits per heavy atom. The lowest BCUT2D eigenvalue weighted by Gasteiger charge is -2.11. The third kappa shape index (κ3) is 4.07. The van der Waals surface area contributed by atoms with E-state index in [4.69, 9.17) is 4.42 Å². The highest BCUT2D eigenvalue weighted by Crippen LogP contribution is 2.21. The lowest BCUT2D eigenvalue weighted by molar-refractivity contribution is 0.0904. The van der Waals surface area contributed by atoms with Crippen LogP contribution in [0.25, 0.3) is 11.5 Å². The second kappa shape index (κ2) is 7.87. The van der Waals surface area contributed by atoms with Gasteiger partial charge in [0.15, 0.2) is 0 Å². The zero-order valence-electron chi connectivity index (χ0n) is 15.5. The molecule has 146 valence electrons. The molecule has 1 amide bonds. The molecule has 2 aromatic heterocycles. The number of carbonyl (C=O) groups excluding carboxylic acids is 1. The Morgan fingerprint density at radius 2 is 1.82 bits per heavy atom. The molecule has 0 radical (unpaired) electrons. The van der Waals surface area contributed by atoms with Crippen molar-refractivity contribution in [3.63, 3.8) is 0 Å². The lowest BCUT2D eigenvalue weighted by atomic mass is 10.2. The van der Waals surface area contributed by atoms with Crippen molar-refractivity contribution in [2.24, 2.45) is 0 Å². The van der Waals surface area contributed by atoms with Gasteiger partial charge in [-0.25, -0.2) is 12.7 Å². The highest BCUT2D eigenvalue weighted by Gasteiger charge is 2.20. The van der Waals surface area contributed by atoms with E-state index in [-0.39, 0.29) is 22.7 Å². The van der Waals surface area contributed by atoms with Gasteiger partial charge in [0.05, 0.1) is 16.6 Å². The Morgan fingerprint density at radius 3 is 2.43 bits per heavy atom. The normalized spacial score (nSPS) is 12.7. The summed E-state index contributed by atoms with van der Waals surface area (Å²) in [5.41, 5.74) is 1.20. The zero-order valence-corrected chi connectivity index (χ0v) is 16.3. The van der Waals surface area contributed by atoms with Gasteiger partial charge in [-0.1, -0.05) is 6.07 Å². The number of nitrogens with one attached hydrogen (secondary N) is 1. The van der Waals surface area contributed by atoms with Gasteiger partial charge in [-0.2, -0.15) is 0 Å². The maximum atomic E-state index is 12.3. The van der Waals surface area contributed by atoms with Gasteiger partial charge in [0.1, 0.15) is 0 Å². The largest absolute Gasteiger partial charge is 0.412 e. The number of hydrogen-bond acceptors (Lipinski definition) is 7. The highest BCUT2D eigenvalue weighted by atomic mass is 32.2. The van der Waals surface area contributed by atoms with Crippen LogP contribution in [0.4, 0.5) is 0 Å². The second-order valence-electron chi connectivity index (χ2n) is 6.17. The fraction of sp³-hybridized carbons (Fsp3) is 0.222. The Kier molecular flexibility index (Phi) is 5.52. The molecule has 1 N–H and O–H groups in total. The van der Waals surface area contributed by atoms with E-state index in [0.717, 1.165) is 4.31 Å². The monoisotopic (exact) mass is 401 g/mol. The van der Waals surface area contributed by atoms with Gasteiger partial charge in [-0.05, 0) is 43.3 Å². The number of benzene rings is 1. The molecule has 2 heterocycles. The molecule has 28 heavy (non-hydrogen) atoms. The van der Waals surface area contributed by atoms with Crippen LogP contribution in [0.3, 0.4) is 0 Å². The van der Waals surface area contributed by atoms with Crippen LogP contribution in [-0.4, -0.2) is 47.9 Å². The molecule has 0 aliphatic carbocycles. The van der Waals surface area contributed by atoms with Gasteiger partial charge in [-0.15, -0.1) is 10.2 Å². The molecular formula is C18H19N5O4S. The van der Waals surface area contributed by atoms with Crippen LogP contribution in [0, 0.1) is 0 Å². The molecule has 0 spiro atoms. The Hall–Kier alpha value is -3.11. The molecule has 0 saturated carbocycles. The molecule has 0 aliphatic rings. The first-order valence-corrected chi connectivity index (χ1v) is 9.81. The van der Waals surface area contributed by atoms with Crippen molar-refractivity contribution in [3.05, 3.63) is 60.2 Å². The predicted octanol–water partition coefficient (Wildman–Crippen LogP) is 1.87. The molecule has 0 fully saturated rings. The minimum atomic E-state index is -3.53. The molecule has 9 nitrogen and oxygen atoms in total. The first kappa shape index (κ1) is 19.6. The Balaban J connectivity index is 1.74. The van der Waals surface area contributed by atoms with Crippen LogP contribution < -0.4 is 5.32 Å². The Labute approximate surface area is 162 Å². The van der Waals surface area contributed by atoms with Crippen LogP contribution in [0.1, 0.15) is 29.3 Å². The summed E-state index contributed by atoms with van der Waals surface area (Å²) in [6, 6.07) is 11.1. The number of pyridine rings is 1. The molecule has 0 saturated heterocycles. The molecule has 3 rings (SSSR count). The molecular weight excluding hydrogens is 382 g/mol. The van der Waals surface area contributed by atoms with Gasteiger partial charge in [0, 0.05) is 25.9 Å². The second-order valence-corrected chi connectivity index (χ2v) is 8.33. The van der Waals surface area contributed by atoms with Crippen molar-refractivity contribution >= 4 is 15.9 Å². The van der Waals surface area contributed by atoms with E-state index in [1.165, 1.54) is 26.2 Å². The van der Waals surface area contributed by atoms with E-state index in [1.807, 2.05) is 6.07 Å². The fourth-order valence-electron chi connectivity index (χ4n) is 2.38. The van der Waals surface area contributed by atoms with Crippen molar-refractivity contribution in [2.75, 3.05) is 14.1 Å². The van der Waals surface area contributed by atoms with E-state index in [1.54, 1.807) is 37.4 Å². The van der Waals surface area contributed by atoms with Crippen LogP contribution in [0.15, 0.2) is 58.0 Å².